The zero-order chi connectivity index (χ0) is 8.97. The molecule has 0 bridgehead atoms. The van der Waals surface area contributed by atoms with Gasteiger partial charge in [-0.25, -0.2) is 0 Å². The van der Waals surface area contributed by atoms with Crippen LogP contribution in [-0.2, 0) is 0 Å². The molecule has 1 aliphatic heterocycles. The van der Waals surface area contributed by atoms with Gasteiger partial charge < -0.3 is 4.90 Å². The molecule has 0 radical (unpaired) electrons. The fourth-order valence-electron chi connectivity index (χ4n) is 2.06. The highest BCUT2D eigenvalue weighted by molar-refractivity contribution is 4.77. The molecule has 72 valence electrons. The molecule has 0 N–H and O–H groups in total. The van der Waals surface area contributed by atoms with E-state index in [0.717, 1.165) is 12.0 Å². The summed E-state index contributed by atoms with van der Waals surface area (Å²) >= 11 is 0. The SMILES string of the molecule is CCCC[C@@H]1CCN(C(C)C)C1. The number of hydrogen-bond acceptors (Lipinski definition) is 1. The standard InChI is InChI=1S/C11H23N/c1-4-5-6-11-7-8-12(9-11)10(2)3/h10-11H,4-9H2,1-3H3/t11-/m1/s1. The molecule has 1 aliphatic rings. The molecule has 1 nitrogen and oxygen atoms in total. The Morgan fingerprint density at radius 1 is 1.42 bits per heavy atom. The summed E-state index contributed by atoms with van der Waals surface area (Å²) in [5, 5.41) is 0. The third-order valence-electron chi connectivity index (χ3n) is 3.01. The largest absolute Gasteiger partial charge is 0.301 e. The second-order valence-electron chi connectivity index (χ2n) is 4.39. The van der Waals surface area contributed by atoms with E-state index in [2.05, 4.69) is 25.7 Å². The molecule has 0 spiro atoms. The van der Waals surface area contributed by atoms with Crippen LogP contribution in [0.4, 0.5) is 0 Å². The van der Waals surface area contributed by atoms with Gasteiger partial charge in [0.2, 0.25) is 0 Å². The number of unbranched alkanes of at least 4 members (excludes halogenated alkanes) is 1. The van der Waals surface area contributed by atoms with E-state index in [4.69, 9.17) is 0 Å². The maximum Gasteiger partial charge on any atom is 0.00387 e. The van der Waals surface area contributed by atoms with Crippen LogP contribution in [-0.4, -0.2) is 24.0 Å². The van der Waals surface area contributed by atoms with Gasteiger partial charge >= 0.3 is 0 Å². The zero-order valence-electron chi connectivity index (χ0n) is 8.84. The zero-order valence-corrected chi connectivity index (χ0v) is 8.84. The van der Waals surface area contributed by atoms with E-state index in [9.17, 15) is 0 Å². The Morgan fingerprint density at radius 3 is 2.67 bits per heavy atom. The lowest BCUT2D eigenvalue weighted by Gasteiger charge is -2.20. The fourth-order valence-corrected chi connectivity index (χ4v) is 2.06. The van der Waals surface area contributed by atoms with Crippen LogP contribution >= 0.6 is 0 Å². The van der Waals surface area contributed by atoms with Gasteiger partial charge in [-0.15, -0.1) is 0 Å². The van der Waals surface area contributed by atoms with Crippen LogP contribution in [0.2, 0.25) is 0 Å². The molecule has 0 aromatic heterocycles. The van der Waals surface area contributed by atoms with Crippen LogP contribution in [0.5, 0.6) is 0 Å². The predicted molar refractivity (Wildman–Crippen MR) is 54.3 cm³/mol. The predicted octanol–water partition coefficient (Wildman–Crippen LogP) is 2.91. The highest BCUT2D eigenvalue weighted by Crippen LogP contribution is 2.22. The summed E-state index contributed by atoms with van der Waals surface area (Å²) < 4.78 is 0. The maximum absolute atomic E-state index is 2.61. The van der Waals surface area contributed by atoms with Crippen molar-refractivity contribution in [3.8, 4) is 0 Å². The smallest absolute Gasteiger partial charge is 0.00387 e. The highest BCUT2D eigenvalue weighted by atomic mass is 15.2. The first kappa shape index (κ1) is 10.0. The van der Waals surface area contributed by atoms with Gasteiger partial charge in [-0.05, 0) is 39.2 Å². The number of likely N-dealkylation sites (tertiary alicyclic amines) is 1. The summed E-state index contributed by atoms with van der Waals surface area (Å²) in [6.07, 6.45) is 5.69. The average Bonchev–Trinajstić information content (AvgIpc) is 2.48. The monoisotopic (exact) mass is 169 g/mol. The first-order valence-electron chi connectivity index (χ1n) is 5.48. The molecule has 1 heteroatoms. The van der Waals surface area contributed by atoms with E-state index in [1.807, 2.05) is 0 Å². The lowest BCUT2D eigenvalue weighted by atomic mass is 10.0. The molecule has 1 rings (SSSR count). The Bertz CT molecular complexity index is 120. The third kappa shape index (κ3) is 2.78. The minimum absolute atomic E-state index is 0.761. The van der Waals surface area contributed by atoms with Crippen molar-refractivity contribution in [1.29, 1.82) is 0 Å². The van der Waals surface area contributed by atoms with E-state index in [-0.39, 0.29) is 0 Å². The molecule has 0 unspecified atom stereocenters. The van der Waals surface area contributed by atoms with Gasteiger partial charge in [0.05, 0.1) is 0 Å². The molecule has 0 aromatic rings. The summed E-state index contributed by atoms with van der Waals surface area (Å²) in [4.78, 5) is 2.61. The van der Waals surface area contributed by atoms with Crippen LogP contribution in [0, 0.1) is 5.92 Å². The van der Waals surface area contributed by atoms with Gasteiger partial charge in [0.1, 0.15) is 0 Å². The average molecular weight is 169 g/mol. The van der Waals surface area contributed by atoms with Crippen LogP contribution in [0.3, 0.4) is 0 Å². The van der Waals surface area contributed by atoms with Crippen molar-refractivity contribution in [1.82, 2.24) is 4.90 Å². The summed E-state index contributed by atoms with van der Waals surface area (Å²) in [5.41, 5.74) is 0. The van der Waals surface area contributed by atoms with Crippen molar-refractivity contribution < 1.29 is 0 Å². The van der Waals surface area contributed by atoms with E-state index < -0.39 is 0 Å². The Balaban J connectivity index is 2.17. The van der Waals surface area contributed by atoms with Gasteiger partial charge in [0, 0.05) is 12.6 Å². The summed E-state index contributed by atoms with van der Waals surface area (Å²) in [5.74, 6) is 1.01. The first-order valence-corrected chi connectivity index (χ1v) is 5.48. The van der Waals surface area contributed by atoms with Gasteiger partial charge in [0.25, 0.3) is 0 Å². The number of nitrogens with zero attached hydrogens (tertiary/aromatic N) is 1. The van der Waals surface area contributed by atoms with Crippen LogP contribution < -0.4 is 0 Å². The van der Waals surface area contributed by atoms with E-state index in [0.29, 0.717) is 0 Å². The lowest BCUT2D eigenvalue weighted by Crippen LogP contribution is -2.28. The van der Waals surface area contributed by atoms with Gasteiger partial charge in [-0.1, -0.05) is 19.8 Å². The Kier molecular flexibility index (Phi) is 4.07. The highest BCUT2D eigenvalue weighted by Gasteiger charge is 2.23. The van der Waals surface area contributed by atoms with Crippen molar-refractivity contribution in [2.24, 2.45) is 5.92 Å². The lowest BCUT2D eigenvalue weighted by molar-refractivity contribution is 0.262. The molecule has 1 fully saturated rings. The summed E-state index contributed by atoms with van der Waals surface area (Å²) in [7, 11) is 0. The molecule has 0 aromatic carbocycles. The minimum atomic E-state index is 0.761. The Morgan fingerprint density at radius 2 is 2.17 bits per heavy atom. The fraction of sp³-hybridized carbons (Fsp3) is 1.00. The van der Waals surface area contributed by atoms with Gasteiger partial charge in [-0.2, -0.15) is 0 Å². The molecule has 0 aliphatic carbocycles. The Labute approximate surface area is 77.1 Å². The van der Waals surface area contributed by atoms with Gasteiger partial charge in [0.15, 0.2) is 0 Å². The normalized spacial score (nSPS) is 25.5. The second kappa shape index (κ2) is 4.86. The van der Waals surface area contributed by atoms with Crippen molar-refractivity contribution in [2.75, 3.05) is 13.1 Å². The molecule has 1 heterocycles. The molecular formula is C11H23N. The Hall–Kier alpha value is -0.0400. The van der Waals surface area contributed by atoms with Crippen molar-refractivity contribution in [2.45, 2.75) is 52.5 Å². The molecule has 0 amide bonds. The van der Waals surface area contributed by atoms with Crippen LogP contribution in [0.25, 0.3) is 0 Å². The number of hydrogen-bond donors (Lipinski definition) is 0. The van der Waals surface area contributed by atoms with Crippen molar-refractivity contribution in [3.63, 3.8) is 0 Å². The van der Waals surface area contributed by atoms with Crippen LogP contribution in [0.15, 0.2) is 0 Å². The first-order chi connectivity index (χ1) is 5.74. The number of rotatable bonds is 4. The maximum atomic E-state index is 2.61. The van der Waals surface area contributed by atoms with E-state index >= 15 is 0 Å². The third-order valence-corrected chi connectivity index (χ3v) is 3.01. The van der Waals surface area contributed by atoms with Crippen molar-refractivity contribution in [3.05, 3.63) is 0 Å². The van der Waals surface area contributed by atoms with E-state index in [1.165, 1.54) is 38.8 Å². The molecule has 0 saturated carbocycles. The quantitative estimate of drug-likeness (QED) is 0.625. The molecule has 1 atom stereocenters. The minimum Gasteiger partial charge on any atom is -0.301 e. The topological polar surface area (TPSA) is 3.24 Å². The molecular weight excluding hydrogens is 146 g/mol. The molecule has 1 saturated heterocycles. The summed E-state index contributed by atoms with van der Waals surface area (Å²) in [6.45, 7) is 9.60. The van der Waals surface area contributed by atoms with E-state index in [1.54, 1.807) is 0 Å². The van der Waals surface area contributed by atoms with Crippen LogP contribution in [0.1, 0.15) is 46.5 Å². The molecule has 12 heavy (non-hydrogen) atoms. The second-order valence-corrected chi connectivity index (χ2v) is 4.39. The summed E-state index contributed by atoms with van der Waals surface area (Å²) in [6, 6.07) is 0.761. The van der Waals surface area contributed by atoms with Crippen molar-refractivity contribution >= 4 is 0 Å². The van der Waals surface area contributed by atoms with Gasteiger partial charge in [-0.3, -0.25) is 0 Å².